The Labute approximate surface area is 184 Å². The Bertz CT molecular complexity index is 1380. The number of pyridine rings is 1. The third-order valence-corrected chi connectivity index (χ3v) is 5.38. The summed E-state index contributed by atoms with van der Waals surface area (Å²) >= 11 is 0. The van der Waals surface area contributed by atoms with E-state index in [2.05, 4.69) is 34.3 Å². The molecule has 0 amide bonds. The van der Waals surface area contributed by atoms with Gasteiger partial charge in [-0.3, -0.25) is 9.38 Å². The number of nitrogens with zero attached hydrogens (tertiary/aromatic N) is 4. The molecule has 3 N–H and O–H groups in total. The molecule has 5 rings (SSSR count). The van der Waals surface area contributed by atoms with Gasteiger partial charge in [-0.25, -0.2) is 9.37 Å². The molecule has 6 nitrogen and oxygen atoms in total. The van der Waals surface area contributed by atoms with Gasteiger partial charge in [-0.15, -0.1) is 0 Å². The number of halogens is 1. The number of anilines is 2. The topological polar surface area (TPSA) is 81.1 Å². The van der Waals surface area contributed by atoms with Crippen LogP contribution in [0.25, 0.3) is 28.3 Å². The second-order valence-electron chi connectivity index (χ2n) is 7.54. The lowest BCUT2D eigenvalue weighted by Gasteiger charge is -2.18. The van der Waals surface area contributed by atoms with E-state index in [9.17, 15) is 4.39 Å². The van der Waals surface area contributed by atoms with Crippen molar-refractivity contribution in [2.75, 3.05) is 11.1 Å². The van der Waals surface area contributed by atoms with Crippen molar-refractivity contribution in [1.29, 1.82) is 0 Å². The van der Waals surface area contributed by atoms with Crippen LogP contribution in [0.1, 0.15) is 18.5 Å². The van der Waals surface area contributed by atoms with Crippen LogP contribution in [-0.2, 0) is 0 Å². The fourth-order valence-corrected chi connectivity index (χ4v) is 3.79. The molecule has 0 unspecified atom stereocenters. The molecule has 3 heterocycles. The van der Waals surface area contributed by atoms with Gasteiger partial charge in [-0.2, -0.15) is 4.98 Å². The van der Waals surface area contributed by atoms with Gasteiger partial charge in [0.2, 0.25) is 5.78 Å². The van der Waals surface area contributed by atoms with Crippen molar-refractivity contribution >= 4 is 17.3 Å². The molecule has 0 fully saturated rings. The van der Waals surface area contributed by atoms with Gasteiger partial charge in [-0.05, 0) is 48.9 Å². The van der Waals surface area contributed by atoms with Crippen molar-refractivity contribution in [1.82, 2.24) is 19.4 Å². The van der Waals surface area contributed by atoms with Crippen molar-refractivity contribution in [2.45, 2.75) is 13.0 Å². The number of rotatable bonds is 5. The van der Waals surface area contributed by atoms with Crippen LogP contribution in [-0.4, -0.2) is 19.4 Å². The van der Waals surface area contributed by atoms with Gasteiger partial charge in [0.1, 0.15) is 11.6 Å². The lowest BCUT2D eigenvalue weighted by molar-refractivity contribution is 0.628. The van der Waals surface area contributed by atoms with Crippen LogP contribution in [0.2, 0.25) is 0 Å². The van der Waals surface area contributed by atoms with E-state index in [1.807, 2.05) is 34.9 Å². The van der Waals surface area contributed by atoms with E-state index in [-0.39, 0.29) is 11.9 Å². The largest absolute Gasteiger partial charge is 0.384 e. The average molecular weight is 424 g/mol. The van der Waals surface area contributed by atoms with Crippen LogP contribution in [0.3, 0.4) is 0 Å². The molecule has 0 saturated heterocycles. The molecule has 7 heteroatoms. The summed E-state index contributed by atoms with van der Waals surface area (Å²) in [6, 6.07) is 20.2. The highest BCUT2D eigenvalue weighted by atomic mass is 19.1. The number of nitrogen functional groups attached to an aromatic ring is 1. The summed E-state index contributed by atoms with van der Waals surface area (Å²) in [5, 5.41) is 3.57. The zero-order valence-corrected chi connectivity index (χ0v) is 17.4. The molecule has 0 aliphatic heterocycles. The fraction of sp³-hybridized carbons (Fsp3) is 0.0800. The maximum Gasteiger partial charge on any atom is 0.236 e. The van der Waals surface area contributed by atoms with Crippen molar-refractivity contribution in [3.8, 4) is 22.5 Å². The van der Waals surface area contributed by atoms with Gasteiger partial charge < -0.3 is 11.1 Å². The molecule has 0 aliphatic carbocycles. The van der Waals surface area contributed by atoms with Crippen molar-refractivity contribution in [3.63, 3.8) is 0 Å². The summed E-state index contributed by atoms with van der Waals surface area (Å²) in [6.45, 7) is 2.10. The average Bonchev–Trinajstić information content (AvgIpc) is 3.18. The molecule has 5 aromatic rings. The first-order valence-corrected chi connectivity index (χ1v) is 10.3. The van der Waals surface area contributed by atoms with Gasteiger partial charge in [0.15, 0.2) is 0 Å². The first-order valence-electron chi connectivity index (χ1n) is 10.3. The van der Waals surface area contributed by atoms with Crippen molar-refractivity contribution in [2.24, 2.45) is 0 Å². The maximum absolute atomic E-state index is 13.6. The number of fused-ring (bicyclic) bond motifs is 1. The summed E-state index contributed by atoms with van der Waals surface area (Å²) in [4.78, 5) is 13.4. The number of aromatic nitrogens is 4. The molecule has 158 valence electrons. The summed E-state index contributed by atoms with van der Waals surface area (Å²) in [6.07, 6.45) is 5.39. The highest BCUT2D eigenvalue weighted by Gasteiger charge is 2.20. The summed E-state index contributed by atoms with van der Waals surface area (Å²) in [7, 11) is 0. The van der Waals surface area contributed by atoms with Crippen molar-refractivity contribution < 1.29 is 4.39 Å². The molecule has 0 spiro atoms. The molecule has 0 radical (unpaired) electrons. The van der Waals surface area contributed by atoms with Gasteiger partial charge in [-0.1, -0.05) is 30.3 Å². The monoisotopic (exact) mass is 424 g/mol. The van der Waals surface area contributed by atoms with Crippen LogP contribution in [0, 0.1) is 5.82 Å². The SMILES string of the molecule is C[C@H](Nc1cnccc1-c1c(-c2ccc(F)cc2)nc2nc(N)ccn12)c1ccccc1. The van der Waals surface area contributed by atoms with Crippen LogP contribution in [0.4, 0.5) is 15.9 Å². The molecular formula is C25H21FN6. The van der Waals surface area contributed by atoms with Crippen LogP contribution in [0.5, 0.6) is 0 Å². The van der Waals surface area contributed by atoms with E-state index >= 15 is 0 Å². The molecule has 0 saturated carbocycles. The van der Waals surface area contributed by atoms with E-state index in [1.165, 1.54) is 12.1 Å². The Balaban J connectivity index is 1.68. The summed E-state index contributed by atoms with van der Waals surface area (Å²) in [5.41, 5.74) is 11.1. The van der Waals surface area contributed by atoms with E-state index in [1.54, 1.807) is 30.6 Å². The normalized spacial score (nSPS) is 12.1. The Morgan fingerprint density at radius 2 is 1.75 bits per heavy atom. The minimum atomic E-state index is -0.301. The quantitative estimate of drug-likeness (QED) is 0.397. The highest BCUT2D eigenvalue weighted by Crippen LogP contribution is 2.37. The van der Waals surface area contributed by atoms with Crippen LogP contribution >= 0.6 is 0 Å². The smallest absolute Gasteiger partial charge is 0.236 e. The number of hydrogen-bond donors (Lipinski definition) is 2. The molecule has 0 bridgehead atoms. The van der Waals surface area contributed by atoms with E-state index in [0.717, 1.165) is 28.1 Å². The number of nitrogens with two attached hydrogens (primary N) is 1. The van der Waals surface area contributed by atoms with Gasteiger partial charge in [0, 0.05) is 29.6 Å². The maximum atomic E-state index is 13.6. The lowest BCUT2D eigenvalue weighted by Crippen LogP contribution is -2.08. The Kier molecular flexibility index (Phi) is 4.99. The predicted octanol–water partition coefficient (Wildman–Crippen LogP) is 5.35. The Morgan fingerprint density at radius 1 is 0.969 bits per heavy atom. The fourth-order valence-electron chi connectivity index (χ4n) is 3.79. The molecule has 2 aromatic carbocycles. The number of imidazole rings is 1. The Morgan fingerprint density at radius 3 is 2.53 bits per heavy atom. The van der Waals surface area contributed by atoms with E-state index in [0.29, 0.717) is 17.3 Å². The van der Waals surface area contributed by atoms with Gasteiger partial charge in [0.25, 0.3) is 0 Å². The second-order valence-corrected chi connectivity index (χ2v) is 7.54. The molecular weight excluding hydrogens is 403 g/mol. The van der Waals surface area contributed by atoms with Crippen LogP contribution in [0.15, 0.2) is 85.3 Å². The highest BCUT2D eigenvalue weighted by molar-refractivity contribution is 5.87. The minimum Gasteiger partial charge on any atom is -0.384 e. The van der Waals surface area contributed by atoms with Gasteiger partial charge in [0.05, 0.1) is 23.3 Å². The zero-order valence-electron chi connectivity index (χ0n) is 17.4. The Hall–Kier alpha value is -4.26. The first-order chi connectivity index (χ1) is 15.6. The lowest BCUT2D eigenvalue weighted by atomic mass is 10.0. The number of hydrogen-bond acceptors (Lipinski definition) is 5. The molecule has 32 heavy (non-hydrogen) atoms. The first kappa shape index (κ1) is 19.7. The molecule has 0 aliphatic rings. The third kappa shape index (κ3) is 3.65. The summed E-state index contributed by atoms with van der Waals surface area (Å²) in [5.74, 6) is 0.549. The number of nitrogens with one attached hydrogen (secondary N) is 1. The standard InChI is InChI=1S/C25H21FN6/c1-16(17-5-3-2-4-6-17)29-21-15-28-13-11-20(21)24-23(18-7-9-19(26)10-8-18)31-25-30-22(27)12-14-32(24)25/h2-16,29H,1H3,(H2,27,30,31)/t16-/m0/s1. The minimum absolute atomic E-state index is 0.0568. The number of benzene rings is 2. The zero-order chi connectivity index (χ0) is 22.1. The second kappa shape index (κ2) is 8.11. The van der Waals surface area contributed by atoms with E-state index < -0.39 is 0 Å². The molecule has 3 aromatic heterocycles. The molecule has 1 atom stereocenters. The predicted molar refractivity (Wildman–Crippen MR) is 125 cm³/mol. The van der Waals surface area contributed by atoms with Crippen LogP contribution < -0.4 is 11.1 Å². The van der Waals surface area contributed by atoms with Crippen molar-refractivity contribution in [3.05, 3.63) is 96.7 Å². The van der Waals surface area contributed by atoms with Gasteiger partial charge >= 0.3 is 0 Å². The summed E-state index contributed by atoms with van der Waals surface area (Å²) < 4.78 is 15.5. The van der Waals surface area contributed by atoms with E-state index in [4.69, 9.17) is 10.7 Å². The third-order valence-electron chi connectivity index (χ3n) is 5.38.